The van der Waals surface area contributed by atoms with E-state index < -0.39 is 0 Å². The van der Waals surface area contributed by atoms with E-state index in [1.165, 1.54) is 12.1 Å². The van der Waals surface area contributed by atoms with Gasteiger partial charge in [0.1, 0.15) is 23.7 Å². The third kappa shape index (κ3) is 4.38. The molecule has 0 spiro atoms. The number of hydrogen-bond donors (Lipinski definition) is 1. The number of benzene rings is 1. The van der Waals surface area contributed by atoms with Crippen LogP contribution in [0.4, 0.5) is 15.0 Å². The molecule has 8 nitrogen and oxygen atoms in total. The van der Waals surface area contributed by atoms with Crippen LogP contribution in [0.2, 0.25) is 0 Å². The molecule has 2 amide bonds. The summed E-state index contributed by atoms with van der Waals surface area (Å²) in [6, 6.07) is 8.10. The summed E-state index contributed by atoms with van der Waals surface area (Å²) in [6.07, 6.45) is 3.61. The third-order valence-electron chi connectivity index (χ3n) is 5.76. The zero-order valence-corrected chi connectivity index (χ0v) is 19.3. The van der Waals surface area contributed by atoms with E-state index in [9.17, 15) is 9.18 Å². The minimum absolute atomic E-state index is 0.115. The van der Waals surface area contributed by atoms with Crippen LogP contribution in [0.1, 0.15) is 11.1 Å². The van der Waals surface area contributed by atoms with Crippen LogP contribution in [0, 0.1) is 12.7 Å². The molecule has 33 heavy (non-hydrogen) atoms. The van der Waals surface area contributed by atoms with Gasteiger partial charge in [0.15, 0.2) is 0 Å². The van der Waals surface area contributed by atoms with Gasteiger partial charge in [0.05, 0.1) is 15.1 Å². The first kappa shape index (κ1) is 21.3. The summed E-state index contributed by atoms with van der Waals surface area (Å²) >= 11 is 1.65. The minimum Gasteiger partial charge on any atom is -0.352 e. The lowest BCUT2D eigenvalue weighted by atomic mass is 10.2. The molecule has 0 unspecified atom stereocenters. The lowest BCUT2D eigenvalue weighted by molar-refractivity contribution is 0.194. The molecule has 10 heteroatoms. The number of carbonyl (C=O) groups is 1. The van der Waals surface area contributed by atoms with E-state index in [4.69, 9.17) is 0 Å². The van der Waals surface area contributed by atoms with Crippen molar-refractivity contribution in [3.63, 3.8) is 0 Å². The molecule has 0 bridgehead atoms. The number of amides is 2. The number of nitrogens with one attached hydrogen (secondary N) is 1. The van der Waals surface area contributed by atoms with Gasteiger partial charge in [-0.3, -0.25) is 4.68 Å². The monoisotopic (exact) mass is 465 g/mol. The fourth-order valence-electron chi connectivity index (χ4n) is 4.05. The van der Waals surface area contributed by atoms with E-state index in [2.05, 4.69) is 38.3 Å². The number of urea groups is 1. The molecule has 1 aromatic carbocycles. The highest BCUT2D eigenvalue weighted by Gasteiger charge is 2.24. The summed E-state index contributed by atoms with van der Waals surface area (Å²) in [6.45, 7) is 4.99. The van der Waals surface area contributed by atoms with Crippen LogP contribution in [0.15, 0.2) is 42.9 Å². The second-order valence-corrected chi connectivity index (χ2v) is 9.17. The summed E-state index contributed by atoms with van der Waals surface area (Å²) in [7, 11) is 1.92. The highest BCUT2D eigenvalue weighted by molar-refractivity contribution is 7.22. The van der Waals surface area contributed by atoms with Crippen LogP contribution in [-0.2, 0) is 13.6 Å². The topological polar surface area (TPSA) is 79.2 Å². The molecule has 0 aliphatic carbocycles. The van der Waals surface area contributed by atoms with Crippen LogP contribution >= 0.6 is 11.3 Å². The molecule has 3 aromatic heterocycles. The highest BCUT2D eigenvalue weighted by atomic mass is 32.1. The second-order valence-electron chi connectivity index (χ2n) is 8.12. The number of nitrogens with zero attached hydrogens (tertiary/aromatic N) is 6. The van der Waals surface area contributed by atoms with Crippen molar-refractivity contribution in [1.82, 2.24) is 30.0 Å². The third-order valence-corrected chi connectivity index (χ3v) is 6.89. The Morgan fingerprint density at radius 3 is 2.61 bits per heavy atom. The van der Waals surface area contributed by atoms with Crippen molar-refractivity contribution < 1.29 is 9.18 Å². The Balaban J connectivity index is 1.26. The normalized spacial score (nSPS) is 14.2. The van der Waals surface area contributed by atoms with Gasteiger partial charge in [-0.2, -0.15) is 5.10 Å². The van der Waals surface area contributed by atoms with Crippen molar-refractivity contribution in [2.45, 2.75) is 13.5 Å². The first-order valence-electron chi connectivity index (χ1n) is 10.8. The molecule has 1 fully saturated rings. The van der Waals surface area contributed by atoms with Crippen LogP contribution in [0.5, 0.6) is 0 Å². The van der Waals surface area contributed by atoms with Crippen LogP contribution in [0.3, 0.4) is 0 Å². The van der Waals surface area contributed by atoms with E-state index in [-0.39, 0.29) is 11.8 Å². The van der Waals surface area contributed by atoms with Crippen molar-refractivity contribution in [2.24, 2.45) is 7.05 Å². The molecule has 1 aliphatic heterocycles. The van der Waals surface area contributed by atoms with Gasteiger partial charge in [-0.25, -0.2) is 19.2 Å². The number of rotatable bonds is 4. The molecule has 1 saturated heterocycles. The van der Waals surface area contributed by atoms with Crippen molar-refractivity contribution in [3.8, 4) is 10.6 Å². The van der Waals surface area contributed by atoms with Crippen LogP contribution in [0.25, 0.3) is 20.8 Å². The molecule has 170 valence electrons. The Kier molecular flexibility index (Phi) is 5.67. The Morgan fingerprint density at radius 2 is 1.91 bits per heavy atom. The Hall–Kier alpha value is -3.53. The van der Waals surface area contributed by atoms with Gasteiger partial charge in [0.2, 0.25) is 0 Å². The van der Waals surface area contributed by atoms with Gasteiger partial charge in [-0.15, -0.1) is 11.3 Å². The molecule has 0 saturated carbocycles. The Labute approximate surface area is 194 Å². The molecule has 4 aromatic rings. The van der Waals surface area contributed by atoms with E-state index in [1.807, 2.05) is 17.9 Å². The summed E-state index contributed by atoms with van der Waals surface area (Å²) in [5.74, 6) is 0.615. The number of aromatic nitrogens is 4. The Morgan fingerprint density at radius 1 is 1.15 bits per heavy atom. The van der Waals surface area contributed by atoms with Gasteiger partial charge in [-0.1, -0.05) is 12.1 Å². The zero-order valence-electron chi connectivity index (χ0n) is 18.5. The van der Waals surface area contributed by atoms with E-state index in [0.717, 1.165) is 37.7 Å². The lowest BCUT2D eigenvalue weighted by Crippen LogP contribution is -2.51. The van der Waals surface area contributed by atoms with Gasteiger partial charge in [0, 0.05) is 46.0 Å². The maximum atomic E-state index is 13.0. The number of halogens is 1. The van der Waals surface area contributed by atoms with Crippen molar-refractivity contribution in [1.29, 1.82) is 0 Å². The largest absolute Gasteiger partial charge is 0.352 e. The number of fused-ring (bicyclic) bond motifs is 1. The number of carbonyl (C=O) groups excluding carboxylic acids is 1. The number of aryl methyl sites for hydroxylation is 2. The van der Waals surface area contributed by atoms with Gasteiger partial charge >= 0.3 is 6.03 Å². The molecular weight excluding hydrogens is 441 g/mol. The number of piperazine rings is 1. The molecule has 1 N–H and O–H groups in total. The lowest BCUT2D eigenvalue weighted by Gasteiger charge is -2.35. The smallest absolute Gasteiger partial charge is 0.317 e. The number of anilines is 1. The van der Waals surface area contributed by atoms with Crippen molar-refractivity contribution >= 4 is 33.4 Å². The second kappa shape index (κ2) is 8.78. The zero-order chi connectivity index (χ0) is 22.9. The first-order chi connectivity index (χ1) is 16.0. The molecular formula is C23H24FN7OS. The molecule has 0 atom stereocenters. The van der Waals surface area contributed by atoms with E-state index in [0.29, 0.717) is 32.7 Å². The predicted molar refractivity (Wildman–Crippen MR) is 127 cm³/mol. The van der Waals surface area contributed by atoms with E-state index >= 15 is 0 Å². The summed E-state index contributed by atoms with van der Waals surface area (Å²) in [5, 5.41) is 7.50. The van der Waals surface area contributed by atoms with Crippen LogP contribution < -0.4 is 10.2 Å². The molecule has 1 aliphatic rings. The van der Waals surface area contributed by atoms with Crippen molar-refractivity contribution in [2.75, 3.05) is 31.1 Å². The van der Waals surface area contributed by atoms with Crippen LogP contribution in [-0.4, -0.2) is 56.9 Å². The van der Waals surface area contributed by atoms with Gasteiger partial charge < -0.3 is 15.1 Å². The number of hydrogen-bond acceptors (Lipinski definition) is 6. The quantitative estimate of drug-likeness (QED) is 0.499. The van der Waals surface area contributed by atoms with Gasteiger partial charge in [0.25, 0.3) is 0 Å². The minimum atomic E-state index is -0.284. The molecule has 4 heterocycles. The first-order valence-corrected chi connectivity index (χ1v) is 11.6. The fourth-order valence-corrected chi connectivity index (χ4v) is 5.23. The average molecular weight is 466 g/mol. The van der Waals surface area contributed by atoms with E-state index in [1.54, 1.807) is 34.7 Å². The Bertz CT molecular complexity index is 1290. The maximum Gasteiger partial charge on any atom is 0.317 e. The summed E-state index contributed by atoms with van der Waals surface area (Å²) in [4.78, 5) is 26.7. The number of thiophene rings is 1. The SMILES string of the molecule is Cc1cn(C)nc1-c1cc2ncnc(N3CCN(C(=O)NCc4ccc(F)cc4)CC3)c2s1. The summed E-state index contributed by atoms with van der Waals surface area (Å²) < 4.78 is 15.9. The highest BCUT2D eigenvalue weighted by Crippen LogP contribution is 2.37. The predicted octanol–water partition coefficient (Wildman–Crippen LogP) is 3.57. The average Bonchev–Trinajstić information content (AvgIpc) is 3.40. The fraction of sp³-hybridized carbons (Fsp3) is 0.304. The maximum absolute atomic E-state index is 13.0. The summed E-state index contributed by atoms with van der Waals surface area (Å²) in [5.41, 5.74) is 3.86. The van der Waals surface area contributed by atoms with Gasteiger partial charge in [-0.05, 0) is 36.2 Å². The van der Waals surface area contributed by atoms with Crippen molar-refractivity contribution in [3.05, 3.63) is 59.8 Å². The standard InChI is InChI=1S/C23H24FN7OS/c1-15-13-29(2)28-20(15)19-11-18-21(33-19)22(27-14-26-18)30-7-9-31(10-8-30)23(32)25-12-16-3-5-17(24)6-4-16/h3-6,11,13-14H,7-10,12H2,1-2H3,(H,25,32). The molecule has 5 rings (SSSR count). The molecule has 0 radical (unpaired) electrons.